The van der Waals surface area contributed by atoms with Crippen LogP contribution in [0.3, 0.4) is 0 Å². The van der Waals surface area contributed by atoms with Gasteiger partial charge in [0, 0.05) is 11.7 Å². The first-order valence-electron chi connectivity index (χ1n) is 6.24. The van der Waals surface area contributed by atoms with Crippen LogP contribution in [0.5, 0.6) is 0 Å². The average molecular weight is 250 g/mol. The zero-order valence-electron chi connectivity index (χ0n) is 10.9. The van der Waals surface area contributed by atoms with Gasteiger partial charge < -0.3 is 15.0 Å². The van der Waals surface area contributed by atoms with Crippen LogP contribution in [0.1, 0.15) is 52.4 Å². The van der Waals surface area contributed by atoms with E-state index in [1.54, 1.807) is 13.8 Å². The highest BCUT2D eigenvalue weighted by atomic mass is 16.5. The molecule has 1 atom stereocenters. The van der Waals surface area contributed by atoms with Crippen molar-refractivity contribution in [2.24, 2.45) is 0 Å². The van der Waals surface area contributed by atoms with E-state index in [4.69, 9.17) is 4.74 Å². The molecule has 1 aliphatic rings. The number of carbonyl (C=O) groups excluding carboxylic acids is 2. The lowest BCUT2D eigenvalue weighted by Gasteiger charge is -2.08. The number of aromatic nitrogens is 1. The van der Waals surface area contributed by atoms with Gasteiger partial charge in [-0.3, -0.25) is 4.79 Å². The van der Waals surface area contributed by atoms with Gasteiger partial charge in [0.15, 0.2) is 0 Å². The second kappa shape index (κ2) is 4.84. The van der Waals surface area contributed by atoms with Crippen molar-refractivity contribution in [3.8, 4) is 0 Å². The third-order valence-electron chi connectivity index (χ3n) is 3.20. The van der Waals surface area contributed by atoms with Gasteiger partial charge in [-0.2, -0.15) is 0 Å². The molecule has 18 heavy (non-hydrogen) atoms. The molecule has 0 saturated carbocycles. The fourth-order valence-electron chi connectivity index (χ4n) is 2.34. The van der Waals surface area contributed by atoms with Crippen molar-refractivity contribution in [2.45, 2.75) is 39.7 Å². The summed E-state index contributed by atoms with van der Waals surface area (Å²) in [5.41, 5.74) is 2.53. The highest BCUT2D eigenvalue weighted by Crippen LogP contribution is 2.24. The monoisotopic (exact) mass is 250 g/mol. The minimum absolute atomic E-state index is 0.112. The Balaban J connectivity index is 2.45. The standard InChI is InChI=1S/C13H18N2O3/c1-4-18-13(17)11-9-6-5-7(2)14-12(16)10(9)8(3)15-11/h7,15H,4-6H2,1-3H3,(H,14,16). The van der Waals surface area contributed by atoms with Crippen LogP contribution in [0.15, 0.2) is 0 Å². The van der Waals surface area contributed by atoms with E-state index < -0.39 is 0 Å². The van der Waals surface area contributed by atoms with Gasteiger partial charge in [-0.1, -0.05) is 0 Å². The maximum Gasteiger partial charge on any atom is 0.355 e. The zero-order chi connectivity index (χ0) is 13.3. The lowest BCUT2D eigenvalue weighted by atomic mass is 10.0. The summed E-state index contributed by atoms with van der Waals surface area (Å²) in [6.07, 6.45) is 1.52. The Hall–Kier alpha value is -1.78. The lowest BCUT2D eigenvalue weighted by Crippen LogP contribution is -2.31. The summed E-state index contributed by atoms with van der Waals surface area (Å²) in [4.78, 5) is 26.9. The molecular weight excluding hydrogens is 232 g/mol. The molecule has 5 nitrogen and oxygen atoms in total. The quantitative estimate of drug-likeness (QED) is 0.782. The van der Waals surface area contributed by atoms with Crippen LogP contribution >= 0.6 is 0 Å². The number of rotatable bonds is 2. The Bertz CT molecular complexity index is 491. The maximum atomic E-state index is 12.0. The number of aromatic amines is 1. The minimum atomic E-state index is -0.385. The van der Waals surface area contributed by atoms with Crippen LogP contribution in [0.4, 0.5) is 0 Å². The Labute approximate surface area is 106 Å². The summed E-state index contributed by atoms with van der Waals surface area (Å²) >= 11 is 0. The van der Waals surface area contributed by atoms with Gasteiger partial charge in [-0.15, -0.1) is 0 Å². The molecule has 0 aliphatic carbocycles. The Morgan fingerprint density at radius 1 is 1.50 bits per heavy atom. The van der Waals surface area contributed by atoms with Gasteiger partial charge >= 0.3 is 5.97 Å². The summed E-state index contributed by atoms with van der Waals surface area (Å²) in [7, 11) is 0. The minimum Gasteiger partial charge on any atom is -0.461 e. The highest BCUT2D eigenvalue weighted by Gasteiger charge is 2.28. The molecule has 5 heteroatoms. The topological polar surface area (TPSA) is 71.2 Å². The number of amides is 1. The zero-order valence-corrected chi connectivity index (χ0v) is 10.9. The summed E-state index contributed by atoms with van der Waals surface area (Å²) in [6, 6.07) is 0.124. The number of hydrogen-bond acceptors (Lipinski definition) is 3. The number of carbonyl (C=O) groups is 2. The van der Waals surface area contributed by atoms with E-state index in [2.05, 4.69) is 10.3 Å². The molecule has 0 saturated heterocycles. The molecule has 1 aromatic rings. The molecule has 1 aromatic heterocycles. The molecule has 98 valence electrons. The molecule has 2 rings (SSSR count). The van der Waals surface area contributed by atoms with E-state index in [1.165, 1.54) is 0 Å². The fraction of sp³-hybridized carbons (Fsp3) is 0.538. The van der Waals surface area contributed by atoms with Gasteiger partial charge in [0.2, 0.25) is 0 Å². The SMILES string of the molecule is CCOC(=O)c1[nH]c(C)c2c1CCC(C)NC2=O. The first kappa shape index (κ1) is 12.7. The summed E-state index contributed by atoms with van der Waals surface area (Å²) < 4.78 is 5.01. The predicted octanol–water partition coefficient (Wildman–Crippen LogP) is 1.56. The van der Waals surface area contributed by atoms with Crippen molar-refractivity contribution in [1.29, 1.82) is 0 Å². The summed E-state index contributed by atoms with van der Waals surface area (Å²) in [5.74, 6) is -0.497. The van der Waals surface area contributed by atoms with Crippen LogP contribution in [0.25, 0.3) is 0 Å². The van der Waals surface area contributed by atoms with Crippen molar-refractivity contribution in [3.05, 3.63) is 22.5 Å². The summed E-state index contributed by atoms with van der Waals surface area (Å²) in [5, 5.41) is 2.91. The van der Waals surface area contributed by atoms with E-state index in [0.717, 1.165) is 17.7 Å². The molecule has 1 unspecified atom stereocenters. The van der Waals surface area contributed by atoms with Gasteiger partial charge in [0.25, 0.3) is 5.91 Å². The molecule has 0 aromatic carbocycles. The third kappa shape index (κ3) is 2.12. The average Bonchev–Trinajstić information content (AvgIpc) is 2.55. The molecule has 2 heterocycles. The molecule has 0 fully saturated rings. The van der Waals surface area contributed by atoms with E-state index >= 15 is 0 Å². The van der Waals surface area contributed by atoms with Crippen LogP contribution in [-0.2, 0) is 11.2 Å². The van der Waals surface area contributed by atoms with Crippen molar-refractivity contribution in [2.75, 3.05) is 6.61 Å². The van der Waals surface area contributed by atoms with Gasteiger partial charge in [0.05, 0.1) is 12.2 Å². The van der Waals surface area contributed by atoms with E-state index in [9.17, 15) is 9.59 Å². The summed E-state index contributed by atoms with van der Waals surface area (Å²) in [6.45, 7) is 5.86. The van der Waals surface area contributed by atoms with Crippen LogP contribution in [-0.4, -0.2) is 29.5 Å². The van der Waals surface area contributed by atoms with Crippen molar-refractivity contribution in [3.63, 3.8) is 0 Å². The van der Waals surface area contributed by atoms with Crippen LogP contribution in [0, 0.1) is 6.92 Å². The molecule has 0 spiro atoms. The maximum absolute atomic E-state index is 12.0. The van der Waals surface area contributed by atoms with Crippen molar-refractivity contribution >= 4 is 11.9 Å². The van der Waals surface area contributed by atoms with Gasteiger partial charge in [-0.25, -0.2) is 4.79 Å². The number of nitrogens with one attached hydrogen (secondary N) is 2. The number of ether oxygens (including phenoxy) is 1. The van der Waals surface area contributed by atoms with Crippen molar-refractivity contribution in [1.82, 2.24) is 10.3 Å². The van der Waals surface area contributed by atoms with E-state index in [1.807, 2.05) is 6.92 Å². The number of aryl methyl sites for hydroxylation is 1. The van der Waals surface area contributed by atoms with Gasteiger partial charge in [-0.05, 0) is 39.2 Å². The number of fused-ring (bicyclic) bond motifs is 1. The Kier molecular flexibility index (Phi) is 3.41. The first-order valence-corrected chi connectivity index (χ1v) is 6.24. The number of hydrogen-bond donors (Lipinski definition) is 2. The number of H-pyrrole nitrogens is 1. The highest BCUT2D eigenvalue weighted by molar-refractivity contribution is 6.01. The predicted molar refractivity (Wildman–Crippen MR) is 66.7 cm³/mol. The van der Waals surface area contributed by atoms with Crippen molar-refractivity contribution < 1.29 is 14.3 Å². The van der Waals surface area contributed by atoms with Crippen LogP contribution in [0.2, 0.25) is 0 Å². The smallest absolute Gasteiger partial charge is 0.355 e. The molecular formula is C13H18N2O3. The van der Waals surface area contributed by atoms with E-state index in [-0.39, 0.29) is 17.9 Å². The molecule has 0 radical (unpaired) electrons. The second-order valence-corrected chi connectivity index (χ2v) is 4.61. The normalized spacial score (nSPS) is 18.8. The molecule has 2 N–H and O–H groups in total. The lowest BCUT2D eigenvalue weighted by molar-refractivity contribution is 0.0518. The van der Waals surface area contributed by atoms with Crippen LogP contribution < -0.4 is 5.32 Å². The Morgan fingerprint density at radius 2 is 2.22 bits per heavy atom. The van der Waals surface area contributed by atoms with E-state index in [0.29, 0.717) is 24.3 Å². The molecule has 1 amide bonds. The van der Waals surface area contributed by atoms with Gasteiger partial charge in [0.1, 0.15) is 5.69 Å². The largest absolute Gasteiger partial charge is 0.461 e. The fourth-order valence-corrected chi connectivity index (χ4v) is 2.34. The second-order valence-electron chi connectivity index (χ2n) is 4.61. The number of esters is 1. The molecule has 0 bridgehead atoms. The first-order chi connectivity index (χ1) is 8.54. The molecule has 1 aliphatic heterocycles. The Morgan fingerprint density at radius 3 is 2.89 bits per heavy atom. The third-order valence-corrected chi connectivity index (χ3v) is 3.20.